The first kappa shape index (κ1) is 9.04. The van der Waals surface area contributed by atoms with E-state index in [0.29, 0.717) is 11.3 Å². The van der Waals surface area contributed by atoms with Crippen molar-refractivity contribution in [2.24, 2.45) is 17.3 Å². The van der Waals surface area contributed by atoms with Crippen molar-refractivity contribution in [1.29, 1.82) is 0 Å². The minimum atomic E-state index is -0.573. The van der Waals surface area contributed by atoms with E-state index in [0.717, 1.165) is 12.8 Å². The summed E-state index contributed by atoms with van der Waals surface area (Å²) in [5.41, 5.74) is 0.362. The van der Waals surface area contributed by atoms with E-state index < -0.39 is 5.97 Å². The molecule has 0 aromatic heterocycles. The first-order chi connectivity index (χ1) is 6.12. The minimum absolute atomic E-state index is 0.0481. The van der Waals surface area contributed by atoms with E-state index in [2.05, 4.69) is 6.92 Å². The van der Waals surface area contributed by atoms with Crippen LogP contribution in [-0.4, -0.2) is 11.1 Å². The fourth-order valence-electron chi connectivity index (χ4n) is 3.32. The van der Waals surface area contributed by atoms with Crippen molar-refractivity contribution in [2.45, 2.75) is 45.4 Å². The molecule has 13 heavy (non-hydrogen) atoms. The average molecular weight is 182 g/mol. The molecule has 1 unspecified atom stereocenters. The zero-order chi connectivity index (χ0) is 9.47. The second-order valence-electron chi connectivity index (χ2n) is 5.07. The van der Waals surface area contributed by atoms with Gasteiger partial charge in [-0.25, -0.2) is 0 Å². The molecule has 2 heteroatoms. The Kier molecular flexibility index (Phi) is 2.09. The Balaban J connectivity index is 2.10. The quantitative estimate of drug-likeness (QED) is 0.677. The fourth-order valence-corrected chi connectivity index (χ4v) is 3.32. The molecule has 2 saturated carbocycles. The van der Waals surface area contributed by atoms with Crippen molar-refractivity contribution in [3.8, 4) is 0 Å². The van der Waals surface area contributed by atoms with E-state index in [1.807, 2.05) is 0 Å². The largest absolute Gasteiger partial charge is 0.481 e. The van der Waals surface area contributed by atoms with Crippen LogP contribution in [0.3, 0.4) is 0 Å². The van der Waals surface area contributed by atoms with Crippen LogP contribution in [0.1, 0.15) is 45.4 Å². The van der Waals surface area contributed by atoms with Gasteiger partial charge in [0.25, 0.3) is 0 Å². The molecular weight excluding hydrogens is 164 g/mol. The smallest absolute Gasteiger partial charge is 0.306 e. The predicted octanol–water partition coefficient (Wildman–Crippen LogP) is 2.68. The summed E-state index contributed by atoms with van der Waals surface area (Å²) in [6, 6.07) is 0. The number of hydrogen-bond acceptors (Lipinski definition) is 1. The first-order valence-corrected chi connectivity index (χ1v) is 5.35. The highest BCUT2D eigenvalue weighted by atomic mass is 16.4. The van der Waals surface area contributed by atoms with Crippen molar-refractivity contribution in [3.05, 3.63) is 0 Å². The van der Waals surface area contributed by atoms with Crippen LogP contribution in [0.4, 0.5) is 0 Å². The summed E-state index contributed by atoms with van der Waals surface area (Å²) in [5, 5.41) is 8.97. The van der Waals surface area contributed by atoms with Gasteiger partial charge in [-0.2, -0.15) is 0 Å². The number of fused-ring (bicyclic) bond motifs is 1. The van der Waals surface area contributed by atoms with Gasteiger partial charge in [0.1, 0.15) is 0 Å². The van der Waals surface area contributed by atoms with Gasteiger partial charge in [-0.1, -0.05) is 19.8 Å². The molecule has 0 spiro atoms. The number of carboxylic acid groups (broad SMARTS) is 1. The lowest BCUT2D eigenvalue weighted by Gasteiger charge is -2.35. The van der Waals surface area contributed by atoms with Crippen molar-refractivity contribution < 1.29 is 9.90 Å². The fraction of sp³-hybridized carbons (Fsp3) is 0.909. The van der Waals surface area contributed by atoms with Crippen LogP contribution in [0.5, 0.6) is 0 Å². The normalized spacial score (nSPS) is 44.4. The highest BCUT2D eigenvalue weighted by Gasteiger charge is 2.46. The molecule has 2 nitrogen and oxygen atoms in total. The summed E-state index contributed by atoms with van der Waals surface area (Å²) in [6.07, 6.45) is 6.99. The van der Waals surface area contributed by atoms with Gasteiger partial charge in [-0.3, -0.25) is 4.79 Å². The summed E-state index contributed by atoms with van der Waals surface area (Å²) in [5.74, 6) is 0.0751. The summed E-state index contributed by atoms with van der Waals surface area (Å²) in [7, 11) is 0. The first-order valence-electron chi connectivity index (χ1n) is 5.35. The second-order valence-corrected chi connectivity index (χ2v) is 5.07. The molecule has 2 aliphatic carbocycles. The van der Waals surface area contributed by atoms with Gasteiger partial charge in [-0.05, 0) is 37.0 Å². The van der Waals surface area contributed by atoms with Gasteiger partial charge >= 0.3 is 5.97 Å². The Hall–Kier alpha value is -0.530. The van der Waals surface area contributed by atoms with E-state index >= 15 is 0 Å². The van der Waals surface area contributed by atoms with Crippen molar-refractivity contribution >= 4 is 5.97 Å². The van der Waals surface area contributed by atoms with Gasteiger partial charge in [0.15, 0.2) is 0 Å². The molecule has 0 radical (unpaired) electrons. The van der Waals surface area contributed by atoms with Gasteiger partial charge in [0.2, 0.25) is 0 Å². The molecule has 0 aromatic carbocycles. The molecule has 1 N–H and O–H groups in total. The molecule has 2 fully saturated rings. The van der Waals surface area contributed by atoms with E-state index in [9.17, 15) is 4.79 Å². The summed E-state index contributed by atoms with van der Waals surface area (Å²) in [6.45, 7) is 2.29. The maximum absolute atomic E-state index is 10.9. The third-order valence-electron chi connectivity index (χ3n) is 4.17. The molecule has 0 heterocycles. The minimum Gasteiger partial charge on any atom is -0.481 e. The van der Waals surface area contributed by atoms with E-state index in [1.54, 1.807) is 0 Å². The third-order valence-corrected chi connectivity index (χ3v) is 4.17. The predicted molar refractivity (Wildman–Crippen MR) is 50.4 cm³/mol. The zero-order valence-electron chi connectivity index (χ0n) is 8.25. The monoisotopic (exact) mass is 182 g/mol. The van der Waals surface area contributed by atoms with Crippen molar-refractivity contribution in [2.75, 3.05) is 0 Å². The Morgan fingerprint density at radius 2 is 2.23 bits per heavy atom. The standard InChI is InChI=1S/C11H18O2/c1-11-5-3-2-4-9(11)6-8(7-11)10(12)13/h8-9H,2-7H2,1H3,(H,12,13)/t8?,9-,11+/m0/s1. The summed E-state index contributed by atoms with van der Waals surface area (Å²) >= 11 is 0. The van der Waals surface area contributed by atoms with Crippen LogP contribution >= 0.6 is 0 Å². The highest BCUT2D eigenvalue weighted by molar-refractivity contribution is 5.70. The molecule has 74 valence electrons. The van der Waals surface area contributed by atoms with Crippen LogP contribution in [0.15, 0.2) is 0 Å². The average Bonchev–Trinajstić information content (AvgIpc) is 2.41. The molecule has 0 saturated heterocycles. The lowest BCUT2D eigenvalue weighted by Crippen LogP contribution is -2.25. The number of carboxylic acids is 1. The van der Waals surface area contributed by atoms with E-state index in [4.69, 9.17) is 5.11 Å². The lowest BCUT2D eigenvalue weighted by atomic mass is 9.70. The molecule has 0 bridgehead atoms. The number of hydrogen-bond donors (Lipinski definition) is 1. The molecule has 0 aromatic rings. The van der Waals surface area contributed by atoms with E-state index in [1.165, 1.54) is 25.7 Å². The lowest BCUT2D eigenvalue weighted by molar-refractivity contribution is -0.141. The molecule has 0 aliphatic heterocycles. The van der Waals surface area contributed by atoms with Crippen molar-refractivity contribution in [3.63, 3.8) is 0 Å². The Morgan fingerprint density at radius 3 is 2.85 bits per heavy atom. The van der Waals surface area contributed by atoms with Gasteiger partial charge in [0, 0.05) is 0 Å². The SMILES string of the molecule is C[C@]12CCCC[C@H]1CC(C(=O)O)C2. The van der Waals surface area contributed by atoms with Crippen LogP contribution in [0.2, 0.25) is 0 Å². The van der Waals surface area contributed by atoms with Gasteiger partial charge in [0.05, 0.1) is 5.92 Å². The van der Waals surface area contributed by atoms with Crippen LogP contribution in [0, 0.1) is 17.3 Å². The topological polar surface area (TPSA) is 37.3 Å². The number of rotatable bonds is 1. The van der Waals surface area contributed by atoms with Crippen LogP contribution < -0.4 is 0 Å². The van der Waals surface area contributed by atoms with Crippen molar-refractivity contribution in [1.82, 2.24) is 0 Å². The number of aliphatic carboxylic acids is 1. The number of carbonyl (C=O) groups is 1. The maximum Gasteiger partial charge on any atom is 0.306 e. The molecule has 0 amide bonds. The van der Waals surface area contributed by atoms with Crippen LogP contribution in [0.25, 0.3) is 0 Å². The molecular formula is C11H18O2. The Labute approximate surface area is 79.3 Å². The summed E-state index contributed by atoms with van der Waals surface area (Å²) < 4.78 is 0. The van der Waals surface area contributed by atoms with Gasteiger partial charge in [-0.15, -0.1) is 0 Å². The van der Waals surface area contributed by atoms with Crippen LogP contribution in [-0.2, 0) is 4.79 Å². The Bertz CT molecular complexity index is 224. The molecule has 2 rings (SSSR count). The maximum atomic E-state index is 10.9. The molecule has 2 aliphatic rings. The highest BCUT2D eigenvalue weighted by Crippen LogP contribution is 2.54. The zero-order valence-corrected chi connectivity index (χ0v) is 8.25. The Morgan fingerprint density at radius 1 is 1.46 bits per heavy atom. The van der Waals surface area contributed by atoms with E-state index in [-0.39, 0.29) is 5.92 Å². The summed E-state index contributed by atoms with van der Waals surface area (Å²) in [4.78, 5) is 10.9. The second kappa shape index (κ2) is 3.00. The van der Waals surface area contributed by atoms with Gasteiger partial charge < -0.3 is 5.11 Å². The molecule has 3 atom stereocenters. The third kappa shape index (κ3) is 1.47.